The summed E-state index contributed by atoms with van der Waals surface area (Å²) in [5.74, 6) is -0.502. The van der Waals surface area contributed by atoms with Crippen LogP contribution in [0.4, 0.5) is 0 Å². The van der Waals surface area contributed by atoms with Crippen LogP contribution in [0.5, 0.6) is 0 Å². The zero-order valence-electron chi connectivity index (χ0n) is 6.71. The van der Waals surface area contributed by atoms with E-state index >= 15 is 0 Å². The Morgan fingerprint density at radius 1 is 1.43 bits per heavy atom. The van der Waals surface area contributed by atoms with E-state index in [4.69, 9.17) is 19.2 Å². The zero-order valence-corrected chi connectivity index (χ0v) is 10.2. The van der Waals surface area contributed by atoms with Crippen LogP contribution < -0.4 is 0 Å². The van der Waals surface area contributed by atoms with Crippen LogP contribution in [0.15, 0.2) is 0 Å². The van der Waals surface area contributed by atoms with Gasteiger partial charge in [-0.1, -0.05) is 0 Å². The van der Waals surface area contributed by atoms with E-state index in [0.717, 1.165) is 0 Å². The van der Waals surface area contributed by atoms with Crippen LogP contribution >= 0.6 is 22.1 Å². The van der Waals surface area contributed by atoms with Gasteiger partial charge < -0.3 is 19.2 Å². The molecule has 0 radical (unpaired) electrons. The Labute approximate surface area is 84.2 Å². The SMILES string of the molecule is CC1OP1(=S)OP(=O)(O)OP(=O)(O)O. The fourth-order valence-electron chi connectivity index (χ4n) is 0.564. The van der Waals surface area contributed by atoms with E-state index in [1.807, 2.05) is 0 Å². The highest BCUT2D eigenvalue weighted by Crippen LogP contribution is 2.78. The van der Waals surface area contributed by atoms with Crippen LogP contribution in [0.25, 0.3) is 0 Å². The monoisotopic (exact) mass is 284 g/mol. The molecule has 1 fully saturated rings. The summed E-state index contributed by atoms with van der Waals surface area (Å²) in [5.41, 5.74) is 0. The summed E-state index contributed by atoms with van der Waals surface area (Å²) in [4.78, 5) is 25.3. The Morgan fingerprint density at radius 3 is 2.14 bits per heavy atom. The molecule has 0 amide bonds. The second-order valence-corrected chi connectivity index (χ2v) is 9.14. The van der Waals surface area contributed by atoms with E-state index in [1.165, 1.54) is 6.92 Å². The third-order valence-electron chi connectivity index (χ3n) is 1.13. The standard InChI is InChI=1S/C2H7O8P3S/c1-2-8-11(2,14)9-13(6,7)10-12(3,4)5/h2H,1H3,(H,6,7)(H2,3,4,5). The molecule has 0 saturated carbocycles. The molecule has 14 heavy (non-hydrogen) atoms. The molecule has 0 spiro atoms. The summed E-state index contributed by atoms with van der Waals surface area (Å²) in [5, 5.41) is 0. The lowest BCUT2D eigenvalue weighted by atomic mass is 10.9. The average molecular weight is 284 g/mol. The molecule has 84 valence electrons. The molecule has 8 nitrogen and oxygen atoms in total. The maximum Gasteiger partial charge on any atom is 0.486 e. The van der Waals surface area contributed by atoms with Crippen LogP contribution in [0.3, 0.4) is 0 Å². The fourth-order valence-corrected chi connectivity index (χ4v) is 5.83. The molecule has 3 atom stereocenters. The third kappa shape index (κ3) is 3.79. The van der Waals surface area contributed by atoms with Crippen molar-refractivity contribution < 1.29 is 37.0 Å². The van der Waals surface area contributed by atoms with Gasteiger partial charge in [0.25, 0.3) is 0 Å². The Kier molecular flexibility index (Phi) is 3.43. The van der Waals surface area contributed by atoms with Gasteiger partial charge in [0.1, 0.15) is 5.85 Å². The smallest absolute Gasteiger partial charge is 0.314 e. The lowest BCUT2D eigenvalue weighted by Crippen LogP contribution is -1.88. The molecular weight excluding hydrogens is 277 g/mol. The predicted molar refractivity (Wildman–Crippen MR) is 48.9 cm³/mol. The van der Waals surface area contributed by atoms with E-state index in [-0.39, 0.29) is 0 Å². The van der Waals surface area contributed by atoms with E-state index in [1.54, 1.807) is 0 Å². The van der Waals surface area contributed by atoms with Gasteiger partial charge in [0.15, 0.2) is 0 Å². The van der Waals surface area contributed by atoms with Crippen molar-refractivity contribution in [2.45, 2.75) is 12.8 Å². The molecule has 1 rings (SSSR count). The average Bonchev–Trinajstić information content (AvgIpc) is 2.28. The van der Waals surface area contributed by atoms with Crippen molar-refractivity contribution in [3.63, 3.8) is 0 Å². The van der Waals surface area contributed by atoms with Gasteiger partial charge in [-0.2, -0.15) is 4.31 Å². The normalized spacial score (nSPS) is 36.4. The van der Waals surface area contributed by atoms with Crippen molar-refractivity contribution in [3.8, 4) is 0 Å². The second-order valence-electron chi connectivity index (χ2n) is 2.37. The summed E-state index contributed by atoms with van der Waals surface area (Å²) in [6.07, 6.45) is 0. The van der Waals surface area contributed by atoms with Crippen LogP contribution in [-0.4, -0.2) is 20.5 Å². The molecule has 3 N–H and O–H groups in total. The number of hydrogen-bond donors (Lipinski definition) is 3. The molecule has 0 aromatic rings. The lowest BCUT2D eigenvalue weighted by Gasteiger charge is -2.11. The van der Waals surface area contributed by atoms with Gasteiger partial charge in [-0.05, 0) is 18.7 Å². The van der Waals surface area contributed by atoms with Crippen LogP contribution in [0.1, 0.15) is 6.92 Å². The van der Waals surface area contributed by atoms with Gasteiger partial charge in [0.05, 0.1) is 0 Å². The molecule has 1 aliphatic heterocycles. The Morgan fingerprint density at radius 2 is 1.86 bits per heavy atom. The van der Waals surface area contributed by atoms with Crippen molar-refractivity contribution in [3.05, 3.63) is 0 Å². The molecule has 1 saturated heterocycles. The van der Waals surface area contributed by atoms with Gasteiger partial charge in [-0.15, -0.1) is 0 Å². The maximum atomic E-state index is 10.9. The van der Waals surface area contributed by atoms with Crippen molar-refractivity contribution in [2.24, 2.45) is 0 Å². The van der Waals surface area contributed by atoms with E-state index in [2.05, 4.69) is 20.4 Å². The molecule has 0 bridgehead atoms. The van der Waals surface area contributed by atoms with E-state index in [9.17, 15) is 9.13 Å². The first-order chi connectivity index (χ1) is 6.04. The van der Waals surface area contributed by atoms with Gasteiger partial charge in [-0.25, -0.2) is 13.4 Å². The summed E-state index contributed by atoms with van der Waals surface area (Å²) in [6.45, 7) is -1.35. The molecular formula is C2H7O8P3S. The molecule has 1 aliphatic rings. The summed E-state index contributed by atoms with van der Waals surface area (Å²) in [6, 6.07) is 0. The molecule has 3 unspecified atom stereocenters. The van der Waals surface area contributed by atoms with Gasteiger partial charge in [0, 0.05) is 0 Å². The highest BCUT2D eigenvalue weighted by Gasteiger charge is 2.52. The molecule has 0 aromatic carbocycles. The Bertz CT molecular complexity index is 371. The van der Waals surface area contributed by atoms with E-state index in [0.29, 0.717) is 0 Å². The minimum Gasteiger partial charge on any atom is -0.314 e. The van der Waals surface area contributed by atoms with E-state index < -0.39 is 28.0 Å². The van der Waals surface area contributed by atoms with Crippen molar-refractivity contribution in [1.29, 1.82) is 0 Å². The second kappa shape index (κ2) is 3.71. The molecule has 1 heterocycles. The molecule has 12 heteroatoms. The van der Waals surface area contributed by atoms with Gasteiger partial charge in [-0.3, -0.25) is 0 Å². The van der Waals surface area contributed by atoms with Gasteiger partial charge in [0.2, 0.25) is 6.49 Å². The van der Waals surface area contributed by atoms with Crippen LogP contribution in [0.2, 0.25) is 0 Å². The highest BCUT2D eigenvalue weighted by atomic mass is 32.5. The number of phosphoric acid groups is 2. The quantitative estimate of drug-likeness (QED) is 0.509. The van der Waals surface area contributed by atoms with Crippen LogP contribution in [0, 0.1) is 0 Å². The third-order valence-corrected chi connectivity index (χ3v) is 7.69. The first-order valence-electron chi connectivity index (χ1n) is 3.13. The number of rotatable bonds is 4. The zero-order chi connectivity index (χ0) is 11.2. The first kappa shape index (κ1) is 12.9. The maximum absolute atomic E-state index is 10.9. The minimum absolute atomic E-state index is 0.502. The lowest BCUT2D eigenvalue weighted by molar-refractivity contribution is 0.233. The van der Waals surface area contributed by atoms with Crippen LogP contribution in [-0.2, 0) is 34.1 Å². The molecule has 0 aromatic heterocycles. The summed E-state index contributed by atoms with van der Waals surface area (Å²) < 4.78 is 33.7. The summed E-state index contributed by atoms with van der Waals surface area (Å²) in [7, 11) is -9.94. The first-order valence-corrected chi connectivity index (χ1v) is 8.86. The summed E-state index contributed by atoms with van der Waals surface area (Å²) >= 11 is 4.66. The van der Waals surface area contributed by atoms with Gasteiger partial charge >= 0.3 is 15.6 Å². The minimum atomic E-state index is -5.09. The Balaban J connectivity index is 2.65. The number of hydrogen-bond acceptors (Lipinski definition) is 6. The predicted octanol–water partition coefficient (Wildman–Crippen LogP) is 0.898. The van der Waals surface area contributed by atoms with Crippen molar-refractivity contribution in [1.82, 2.24) is 0 Å². The highest BCUT2D eigenvalue weighted by molar-refractivity contribution is 8.14. The van der Waals surface area contributed by atoms with Crippen molar-refractivity contribution in [2.75, 3.05) is 0 Å². The van der Waals surface area contributed by atoms with Crippen molar-refractivity contribution >= 4 is 33.9 Å². The molecule has 0 aliphatic carbocycles. The largest absolute Gasteiger partial charge is 0.486 e. The topological polar surface area (TPSA) is 126 Å². The fraction of sp³-hybridized carbons (Fsp3) is 1.00. The Hall–Kier alpha value is 0.870.